The smallest absolute Gasteiger partial charge is 0.407 e. The highest BCUT2D eigenvalue weighted by Crippen LogP contribution is 2.29. The summed E-state index contributed by atoms with van der Waals surface area (Å²) in [5.41, 5.74) is -0.622. The van der Waals surface area contributed by atoms with E-state index < -0.39 is 23.4 Å². The minimum absolute atomic E-state index is 0.0400. The fourth-order valence-electron chi connectivity index (χ4n) is 3.61. The number of amides is 2. The van der Waals surface area contributed by atoms with Crippen molar-refractivity contribution < 1.29 is 27.8 Å². The topological polar surface area (TPSA) is 89.5 Å². The lowest BCUT2D eigenvalue weighted by molar-refractivity contribution is 0.0488. The molecule has 184 valence electrons. The molecule has 2 amide bonds. The third-order valence-corrected chi connectivity index (χ3v) is 5.94. The lowest BCUT2D eigenvalue weighted by Gasteiger charge is -2.30. The summed E-state index contributed by atoms with van der Waals surface area (Å²) in [7, 11) is 0. The van der Waals surface area contributed by atoms with Crippen LogP contribution in [0.15, 0.2) is 35.4 Å². The van der Waals surface area contributed by atoms with Gasteiger partial charge in [-0.2, -0.15) is 0 Å². The minimum Gasteiger partial charge on any atom is -0.444 e. The van der Waals surface area contributed by atoms with Crippen LogP contribution in [0.2, 0.25) is 0 Å². The van der Waals surface area contributed by atoms with Crippen LogP contribution in [0.5, 0.6) is 11.6 Å². The Bertz CT molecular complexity index is 1040. The van der Waals surface area contributed by atoms with E-state index in [1.807, 2.05) is 0 Å². The monoisotopic (exact) mass is 493 g/mol. The first-order valence-electron chi connectivity index (χ1n) is 11.0. The maximum absolute atomic E-state index is 13.9. The number of carbonyl (C=O) groups is 2. The Balaban J connectivity index is 1.61. The number of carbonyl (C=O) groups excluding carboxylic acids is 2. The van der Waals surface area contributed by atoms with Gasteiger partial charge in [-0.15, -0.1) is 11.8 Å². The van der Waals surface area contributed by atoms with Crippen molar-refractivity contribution in [2.24, 2.45) is 0 Å². The van der Waals surface area contributed by atoms with E-state index in [-0.39, 0.29) is 35.1 Å². The van der Waals surface area contributed by atoms with E-state index in [0.717, 1.165) is 12.3 Å². The standard InChI is InChI=1S/C24H29F2N3O4S/c1-24(2,3)33-23(31)29-16-7-5-15(6-8-16)28-21(30)18-11-14(25)13-27-22(18)32-17-9-10-19(26)20(12-17)34-4/h9-13,15-16H,5-8H2,1-4H3,(H,28,30)(H,29,31). The number of ether oxygens (including phenoxy) is 2. The van der Waals surface area contributed by atoms with Crippen LogP contribution < -0.4 is 15.4 Å². The molecule has 3 rings (SSSR count). The van der Waals surface area contributed by atoms with Crippen molar-refractivity contribution in [1.82, 2.24) is 15.6 Å². The molecule has 1 saturated carbocycles. The van der Waals surface area contributed by atoms with E-state index in [4.69, 9.17) is 9.47 Å². The molecule has 2 aromatic rings. The molecule has 1 aromatic carbocycles. The second-order valence-electron chi connectivity index (χ2n) is 9.07. The average molecular weight is 494 g/mol. The van der Waals surface area contributed by atoms with Gasteiger partial charge < -0.3 is 20.1 Å². The first-order chi connectivity index (χ1) is 16.0. The van der Waals surface area contributed by atoms with E-state index in [9.17, 15) is 18.4 Å². The molecule has 0 unspecified atom stereocenters. The number of thioether (sulfide) groups is 1. The summed E-state index contributed by atoms with van der Waals surface area (Å²) in [5, 5.41) is 5.75. The van der Waals surface area contributed by atoms with Crippen molar-refractivity contribution in [3.05, 3.63) is 47.7 Å². The summed E-state index contributed by atoms with van der Waals surface area (Å²) < 4.78 is 38.6. The molecule has 0 atom stereocenters. The van der Waals surface area contributed by atoms with Crippen molar-refractivity contribution in [2.75, 3.05) is 6.26 Å². The number of benzene rings is 1. The highest BCUT2D eigenvalue weighted by Gasteiger charge is 2.27. The molecule has 34 heavy (non-hydrogen) atoms. The van der Waals surface area contributed by atoms with Gasteiger partial charge in [-0.1, -0.05) is 0 Å². The maximum atomic E-state index is 13.9. The predicted octanol–water partition coefficient (Wildman–Crippen LogP) is 5.44. The molecule has 0 saturated heterocycles. The molecule has 1 aliphatic rings. The Hall–Kier alpha value is -2.88. The van der Waals surface area contributed by atoms with Crippen LogP contribution in [-0.4, -0.2) is 40.9 Å². The van der Waals surface area contributed by atoms with Crippen LogP contribution in [0.25, 0.3) is 0 Å². The molecular formula is C24H29F2N3O4S. The Labute approximate surface area is 202 Å². The van der Waals surface area contributed by atoms with Gasteiger partial charge in [0.25, 0.3) is 5.91 Å². The molecule has 1 aromatic heterocycles. The van der Waals surface area contributed by atoms with E-state index in [0.29, 0.717) is 30.6 Å². The van der Waals surface area contributed by atoms with E-state index in [2.05, 4.69) is 15.6 Å². The maximum Gasteiger partial charge on any atom is 0.407 e. The lowest BCUT2D eigenvalue weighted by Crippen LogP contribution is -2.45. The van der Waals surface area contributed by atoms with Gasteiger partial charge in [-0.05, 0) is 77.0 Å². The van der Waals surface area contributed by atoms with Gasteiger partial charge in [-0.25, -0.2) is 18.6 Å². The van der Waals surface area contributed by atoms with Crippen LogP contribution in [0.3, 0.4) is 0 Å². The van der Waals surface area contributed by atoms with Crippen LogP contribution in [0.1, 0.15) is 56.8 Å². The number of nitrogens with one attached hydrogen (secondary N) is 2. The predicted molar refractivity (Wildman–Crippen MR) is 125 cm³/mol. The fraction of sp³-hybridized carbons (Fsp3) is 0.458. The number of alkyl carbamates (subject to hydrolysis) is 1. The molecule has 7 nitrogen and oxygen atoms in total. The molecule has 0 bridgehead atoms. The molecule has 0 aliphatic heterocycles. The number of aromatic nitrogens is 1. The summed E-state index contributed by atoms with van der Waals surface area (Å²) in [6, 6.07) is 5.04. The second-order valence-corrected chi connectivity index (χ2v) is 9.92. The summed E-state index contributed by atoms with van der Waals surface area (Å²) in [6.07, 6.45) is 4.84. The molecule has 0 radical (unpaired) electrons. The highest BCUT2D eigenvalue weighted by atomic mass is 32.2. The average Bonchev–Trinajstić information content (AvgIpc) is 2.76. The van der Waals surface area contributed by atoms with Gasteiger partial charge in [0.1, 0.15) is 28.5 Å². The summed E-state index contributed by atoms with van der Waals surface area (Å²) in [6.45, 7) is 5.40. The molecule has 1 aliphatic carbocycles. The lowest BCUT2D eigenvalue weighted by atomic mass is 9.91. The van der Waals surface area contributed by atoms with Crippen molar-refractivity contribution in [1.29, 1.82) is 0 Å². The zero-order chi connectivity index (χ0) is 24.9. The quantitative estimate of drug-likeness (QED) is 0.521. The number of rotatable bonds is 6. The Morgan fingerprint density at radius 2 is 1.71 bits per heavy atom. The van der Waals surface area contributed by atoms with Crippen LogP contribution in [0.4, 0.5) is 13.6 Å². The molecule has 2 N–H and O–H groups in total. The van der Waals surface area contributed by atoms with Gasteiger partial charge in [0, 0.05) is 17.0 Å². The number of halogens is 2. The molecule has 0 spiro atoms. The van der Waals surface area contributed by atoms with Crippen LogP contribution >= 0.6 is 11.8 Å². The molecule has 1 fully saturated rings. The van der Waals surface area contributed by atoms with Crippen LogP contribution in [-0.2, 0) is 4.74 Å². The van der Waals surface area contributed by atoms with E-state index in [1.165, 1.54) is 30.0 Å². The number of hydrogen-bond donors (Lipinski definition) is 2. The normalized spacial score (nSPS) is 18.2. The van der Waals surface area contributed by atoms with Gasteiger partial charge >= 0.3 is 6.09 Å². The van der Waals surface area contributed by atoms with Gasteiger partial charge in [0.15, 0.2) is 0 Å². The number of pyridine rings is 1. The van der Waals surface area contributed by atoms with Gasteiger partial charge in [0.05, 0.1) is 6.20 Å². The Morgan fingerprint density at radius 1 is 1.06 bits per heavy atom. The van der Waals surface area contributed by atoms with Gasteiger partial charge in [0.2, 0.25) is 5.88 Å². The zero-order valence-corrected chi connectivity index (χ0v) is 20.4. The summed E-state index contributed by atoms with van der Waals surface area (Å²) in [4.78, 5) is 29.2. The first-order valence-corrected chi connectivity index (χ1v) is 12.2. The zero-order valence-electron chi connectivity index (χ0n) is 19.6. The Morgan fingerprint density at radius 3 is 2.32 bits per heavy atom. The van der Waals surface area contributed by atoms with E-state index >= 15 is 0 Å². The third-order valence-electron chi connectivity index (χ3n) is 5.18. The number of nitrogens with zero attached hydrogens (tertiary/aromatic N) is 1. The summed E-state index contributed by atoms with van der Waals surface area (Å²) >= 11 is 1.21. The van der Waals surface area contributed by atoms with E-state index in [1.54, 1.807) is 27.0 Å². The minimum atomic E-state index is -0.674. The molecule has 10 heteroatoms. The highest BCUT2D eigenvalue weighted by molar-refractivity contribution is 7.98. The fourth-order valence-corrected chi connectivity index (χ4v) is 4.10. The summed E-state index contributed by atoms with van der Waals surface area (Å²) in [5.74, 6) is -1.36. The molecule has 1 heterocycles. The SMILES string of the molecule is CSc1cc(Oc2ncc(F)cc2C(=O)NC2CCC(NC(=O)OC(C)(C)C)CC2)ccc1F. The largest absolute Gasteiger partial charge is 0.444 e. The number of hydrogen-bond acceptors (Lipinski definition) is 6. The van der Waals surface area contributed by atoms with Crippen molar-refractivity contribution >= 4 is 23.8 Å². The van der Waals surface area contributed by atoms with Crippen LogP contribution in [0, 0.1) is 11.6 Å². The van der Waals surface area contributed by atoms with Crippen molar-refractivity contribution in [3.8, 4) is 11.6 Å². The Kier molecular flexibility index (Phi) is 8.35. The first kappa shape index (κ1) is 25.7. The molecular weight excluding hydrogens is 464 g/mol. The van der Waals surface area contributed by atoms with Crippen molar-refractivity contribution in [3.63, 3.8) is 0 Å². The second kappa shape index (κ2) is 11.0. The van der Waals surface area contributed by atoms with Crippen molar-refractivity contribution in [2.45, 2.75) is 69.0 Å². The van der Waals surface area contributed by atoms with Gasteiger partial charge in [-0.3, -0.25) is 4.79 Å². The third kappa shape index (κ3) is 7.31.